The van der Waals surface area contributed by atoms with Crippen LogP contribution in [0, 0.1) is 12.8 Å². The van der Waals surface area contributed by atoms with Gasteiger partial charge in [0.2, 0.25) is 0 Å². The monoisotopic (exact) mass is 254 g/mol. The van der Waals surface area contributed by atoms with Crippen LogP contribution in [0.1, 0.15) is 37.4 Å². The summed E-state index contributed by atoms with van der Waals surface area (Å²) in [6.45, 7) is 6.22. The van der Waals surface area contributed by atoms with Crippen LogP contribution in [0.15, 0.2) is 18.3 Å². The molecule has 17 heavy (non-hydrogen) atoms. The third-order valence-electron chi connectivity index (χ3n) is 3.06. The van der Waals surface area contributed by atoms with Gasteiger partial charge in [0.1, 0.15) is 0 Å². The molecule has 0 aliphatic carbocycles. The molecule has 2 nitrogen and oxygen atoms in total. The van der Waals surface area contributed by atoms with E-state index < -0.39 is 0 Å². The van der Waals surface area contributed by atoms with Crippen molar-refractivity contribution in [3.05, 3.63) is 29.6 Å². The molecule has 0 bridgehead atoms. The van der Waals surface area contributed by atoms with Crippen LogP contribution in [0.3, 0.4) is 0 Å². The molecular weight excluding hydrogens is 232 g/mol. The van der Waals surface area contributed by atoms with Gasteiger partial charge in [0, 0.05) is 18.6 Å². The average Bonchev–Trinajstić information content (AvgIpc) is 2.32. The lowest BCUT2D eigenvalue weighted by atomic mass is 10.0. The molecule has 1 heterocycles. The molecule has 0 radical (unpaired) electrons. The van der Waals surface area contributed by atoms with Crippen molar-refractivity contribution >= 4 is 11.6 Å². The van der Waals surface area contributed by atoms with Crippen molar-refractivity contribution in [2.45, 2.75) is 39.7 Å². The van der Waals surface area contributed by atoms with E-state index in [0.29, 0.717) is 5.92 Å². The van der Waals surface area contributed by atoms with Gasteiger partial charge in [-0.05, 0) is 43.9 Å². The molecule has 0 saturated heterocycles. The van der Waals surface area contributed by atoms with Gasteiger partial charge in [0.25, 0.3) is 0 Å². The Hall–Kier alpha value is -0.600. The topological polar surface area (TPSA) is 24.9 Å². The first-order valence-electron chi connectivity index (χ1n) is 6.45. The molecule has 0 saturated carbocycles. The van der Waals surface area contributed by atoms with Crippen molar-refractivity contribution in [2.24, 2.45) is 5.92 Å². The zero-order valence-electron chi connectivity index (χ0n) is 10.9. The Labute approximate surface area is 110 Å². The highest BCUT2D eigenvalue weighted by molar-refractivity contribution is 6.17. The van der Waals surface area contributed by atoms with Gasteiger partial charge in [0.15, 0.2) is 0 Å². The summed E-state index contributed by atoms with van der Waals surface area (Å²) in [5, 5.41) is 3.49. The number of hydrogen-bond donors (Lipinski definition) is 1. The van der Waals surface area contributed by atoms with Crippen molar-refractivity contribution < 1.29 is 0 Å². The Morgan fingerprint density at radius 2 is 2.24 bits per heavy atom. The van der Waals surface area contributed by atoms with E-state index in [1.165, 1.54) is 18.4 Å². The lowest BCUT2D eigenvalue weighted by Crippen LogP contribution is -2.23. The molecule has 1 N–H and O–H groups in total. The number of aryl methyl sites for hydroxylation is 1. The smallest absolute Gasteiger partial charge is 0.0570 e. The van der Waals surface area contributed by atoms with Crippen LogP contribution in [-0.4, -0.2) is 17.4 Å². The SMILES string of the molecule is CCCC(CCCl)CNCc1ncccc1C. The second-order valence-corrected chi connectivity index (χ2v) is 4.91. The molecule has 1 unspecified atom stereocenters. The Morgan fingerprint density at radius 1 is 1.41 bits per heavy atom. The molecule has 0 fully saturated rings. The van der Waals surface area contributed by atoms with E-state index in [0.717, 1.165) is 31.1 Å². The Balaban J connectivity index is 2.33. The van der Waals surface area contributed by atoms with Crippen molar-refractivity contribution in [3.63, 3.8) is 0 Å². The Morgan fingerprint density at radius 3 is 2.88 bits per heavy atom. The first-order chi connectivity index (χ1) is 8.27. The van der Waals surface area contributed by atoms with Crippen molar-refractivity contribution in [1.82, 2.24) is 10.3 Å². The number of halogens is 1. The fourth-order valence-corrected chi connectivity index (χ4v) is 2.32. The van der Waals surface area contributed by atoms with Crippen LogP contribution in [0.25, 0.3) is 0 Å². The van der Waals surface area contributed by atoms with Crippen molar-refractivity contribution in [3.8, 4) is 0 Å². The molecule has 1 rings (SSSR count). The van der Waals surface area contributed by atoms with Crippen LogP contribution in [0.4, 0.5) is 0 Å². The molecule has 0 spiro atoms. The number of rotatable bonds is 8. The third kappa shape index (κ3) is 5.51. The van der Waals surface area contributed by atoms with Gasteiger partial charge in [-0.1, -0.05) is 19.4 Å². The minimum absolute atomic E-state index is 0.696. The molecule has 1 aromatic heterocycles. The Kier molecular flexibility index (Phi) is 7.22. The number of pyridine rings is 1. The van der Waals surface area contributed by atoms with Gasteiger partial charge in [-0.3, -0.25) is 4.98 Å². The van der Waals surface area contributed by atoms with Crippen LogP contribution < -0.4 is 5.32 Å². The standard InChI is InChI=1S/C14H23ClN2/c1-3-5-13(7-8-15)10-16-11-14-12(2)6-4-9-17-14/h4,6,9,13,16H,3,5,7-8,10-11H2,1-2H3. The second-order valence-electron chi connectivity index (χ2n) is 4.53. The zero-order chi connectivity index (χ0) is 12.5. The van der Waals surface area contributed by atoms with Crippen LogP contribution >= 0.6 is 11.6 Å². The van der Waals surface area contributed by atoms with Gasteiger partial charge >= 0.3 is 0 Å². The summed E-state index contributed by atoms with van der Waals surface area (Å²) in [4.78, 5) is 4.38. The maximum atomic E-state index is 5.81. The molecule has 0 aliphatic rings. The minimum atomic E-state index is 0.696. The highest BCUT2D eigenvalue weighted by atomic mass is 35.5. The van der Waals surface area contributed by atoms with Crippen LogP contribution in [0.5, 0.6) is 0 Å². The predicted molar refractivity (Wildman–Crippen MR) is 74.4 cm³/mol. The average molecular weight is 255 g/mol. The highest BCUT2D eigenvalue weighted by Crippen LogP contribution is 2.11. The molecule has 0 aromatic carbocycles. The summed E-state index contributed by atoms with van der Waals surface area (Å²) in [6.07, 6.45) is 5.43. The molecule has 96 valence electrons. The Bertz CT molecular complexity index is 309. The molecule has 1 atom stereocenters. The van der Waals surface area contributed by atoms with Gasteiger partial charge in [-0.15, -0.1) is 11.6 Å². The summed E-state index contributed by atoms with van der Waals surface area (Å²) >= 11 is 5.81. The van der Waals surface area contributed by atoms with E-state index in [-0.39, 0.29) is 0 Å². The first-order valence-corrected chi connectivity index (χ1v) is 6.98. The largest absolute Gasteiger partial charge is 0.311 e. The predicted octanol–water partition coefficient (Wildman–Crippen LogP) is 3.52. The minimum Gasteiger partial charge on any atom is -0.311 e. The molecule has 3 heteroatoms. The highest BCUT2D eigenvalue weighted by Gasteiger charge is 2.07. The lowest BCUT2D eigenvalue weighted by Gasteiger charge is -2.15. The van der Waals surface area contributed by atoms with E-state index in [9.17, 15) is 0 Å². The molecule has 0 amide bonds. The van der Waals surface area contributed by atoms with E-state index >= 15 is 0 Å². The number of alkyl halides is 1. The van der Waals surface area contributed by atoms with Crippen molar-refractivity contribution in [2.75, 3.05) is 12.4 Å². The van der Waals surface area contributed by atoms with Gasteiger partial charge in [0.05, 0.1) is 5.69 Å². The van der Waals surface area contributed by atoms with E-state index in [1.807, 2.05) is 12.3 Å². The number of nitrogens with one attached hydrogen (secondary N) is 1. The van der Waals surface area contributed by atoms with Crippen LogP contribution in [-0.2, 0) is 6.54 Å². The van der Waals surface area contributed by atoms with Gasteiger partial charge < -0.3 is 5.32 Å². The number of nitrogens with zero attached hydrogens (tertiary/aromatic N) is 1. The molecule has 0 aliphatic heterocycles. The fourth-order valence-electron chi connectivity index (χ4n) is 2.01. The lowest BCUT2D eigenvalue weighted by molar-refractivity contribution is 0.429. The summed E-state index contributed by atoms with van der Waals surface area (Å²) < 4.78 is 0. The first kappa shape index (κ1) is 14.5. The normalized spacial score (nSPS) is 12.6. The van der Waals surface area contributed by atoms with Crippen LogP contribution in [0.2, 0.25) is 0 Å². The number of hydrogen-bond acceptors (Lipinski definition) is 2. The maximum absolute atomic E-state index is 5.81. The van der Waals surface area contributed by atoms with E-state index in [4.69, 9.17) is 11.6 Å². The molecule has 1 aromatic rings. The second kappa shape index (κ2) is 8.48. The maximum Gasteiger partial charge on any atom is 0.0570 e. The summed E-state index contributed by atoms with van der Waals surface area (Å²) in [6, 6.07) is 4.08. The van der Waals surface area contributed by atoms with E-state index in [1.54, 1.807) is 0 Å². The fraction of sp³-hybridized carbons (Fsp3) is 0.643. The third-order valence-corrected chi connectivity index (χ3v) is 3.28. The summed E-state index contributed by atoms with van der Waals surface area (Å²) in [5.41, 5.74) is 2.40. The quantitative estimate of drug-likeness (QED) is 0.718. The van der Waals surface area contributed by atoms with E-state index in [2.05, 4.69) is 30.2 Å². The summed E-state index contributed by atoms with van der Waals surface area (Å²) in [7, 11) is 0. The summed E-state index contributed by atoms with van der Waals surface area (Å²) in [5.74, 6) is 1.45. The molecular formula is C14H23ClN2. The van der Waals surface area contributed by atoms with Gasteiger partial charge in [-0.2, -0.15) is 0 Å². The van der Waals surface area contributed by atoms with Crippen molar-refractivity contribution in [1.29, 1.82) is 0 Å². The zero-order valence-corrected chi connectivity index (χ0v) is 11.6. The van der Waals surface area contributed by atoms with Gasteiger partial charge in [-0.25, -0.2) is 0 Å². The number of aromatic nitrogens is 1.